The number of phenols is 1. The number of nitrogens with one attached hydrogen (secondary N) is 1. The van der Waals surface area contributed by atoms with Gasteiger partial charge in [-0.3, -0.25) is 0 Å². The van der Waals surface area contributed by atoms with Gasteiger partial charge in [0.2, 0.25) is 0 Å². The number of para-hydroxylation sites is 1. The highest BCUT2D eigenvalue weighted by atomic mass is 16.5. The van der Waals surface area contributed by atoms with E-state index in [1.54, 1.807) is 12.1 Å². The van der Waals surface area contributed by atoms with Crippen molar-refractivity contribution in [3.63, 3.8) is 0 Å². The van der Waals surface area contributed by atoms with Crippen LogP contribution in [-0.2, 0) is 6.61 Å². The number of ether oxygens (including phenoxy) is 1. The van der Waals surface area contributed by atoms with Crippen LogP contribution in [0.5, 0.6) is 11.5 Å². The fourth-order valence-electron chi connectivity index (χ4n) is 2.17. The average Bonchev–Trinajstić information content (AvgIpc) is 2.59. The maximum atomic E-state index is 10.2. The molecule has 0 spiro atoms. The Kier molecular flexibility index (Phi) is 6.40. The number of hydrogen-bond donors (Lipinski definition) is 4. The summed E-state index contributed by atoms with van der Waals surface area (Å²) >= 11 is 0. The SMILES string of the molecule is C[C@@H](COc1ccccc1)NC[C@H](O)c1ccc(O)c(CO)c1. The zero-order valence-corrected chi connectivity index (χ0v) is 13.1. The van der Waals surface area contributed by atoms with Gasteiger partial charge in [-0.2, -0.15) is 0 Å². The maximum Gasteiger partial charge on any atom is 0.121 e. The molecule has 5 heteroatoms. The number of benzene rings is 2. The molecule has 0 aromatic heterocycles. The minimum atomic E-state index is -0.722. The fourth-order valence-corrected chi connectivity index (χ4v) is 2.17. The van der Waals surface area contributed by atoms with Gasteiger partial charge >= 0.3 is 0 Å². The van der Waals surface area contributed by atoms with Crippen molar-refractivity contribution in [3.05, 3.63) is 59.7 Å². The van der Waals surface area contributed by atoms with Gasteiger partial charge in [-0.05, 0) is 36.8 Å². The number of aliphatic hydroxyl groups excluding tert-OH is 2. The Morgan fingerprint density at radius 1 is 1.13 bits per heavy atom. The summed E-state index contributed by atoms with van der Waals surface area (Å²) in [6, 6.07) is 14.4. The molecule has 0 amide bonds. The van der Waals surface area contributed by atoms with Crippen LogP contribution in [-0.4, -0.2) is 34.5 Å². The largest absolute Gasteiger partial charge is 0.508 e. The fraction of sp³-hybridized carbons (Fsp3) is 0.333. The standard InChI is InChI=1S/C18H23NO4/c1-13(12-23-16-5-3-2-4-6-16)19-10-18(22)14-7-8-17(21)15(9-14)11-20/h2-9,13,18-22H,10-12H2,1H3/t13-,18-/m0/s1. The molecule has 23 heavy (non-hydrogen) atoms. The van der Waals surface area contributed by atoms with Gasteiger partial charge in [-0.1, -0.05) is 24.3 Å². The van der Waals surface area contributed by atoms with Crippen molar-refractivity contribution in [2.75, 3.05) is 13.2 Å². The molecule has 2 aromatic carbocycles. The van der Waals surface area contributed by atoms with Gasteiger partial charge < -0.3 is 25.4 Å². The first-order chi connectivity index (χ1) is 11.1. The van der Waals surface area contributed by atoms with Crippen molar-refractivity contribution in [3.8, 4) is 11.5 Å². The third-order valence-electron chi connectivity index (χ3n) is 3.56. The molecule has 2 atom stereocenters. The lowest BCUT2D eigenvalue weighted by Gasteiger charge is -2.18. The van der Waals surface area contributed by atoms with Gasteiger partial charge in [-0.25, -0.2) is 0 Å². The highest BCUT2D eigenvalue weighted by molar-refractivity contribution is 5.36. The van der Waals surface area contributed by atoms with Gasteiger partial charge in [0, 0.05) is 18.2 Å². The van der Waals surface area contributed by atoms with Crippen molar-refractivity contribution in [1.82, 2.24) is 5.32 Å². The predicted molar refractivity (Wildman–Crippen MR) is 88.4 cm³/mol. The Bertz CT molecular complexity index is 603. The van der Waals surface area contributed by atoms with E-state index in [0.717, 1.165) is 5.75 Å². The lowest BCUT2D eigenvalue weighted by molar-refractivity contribution is 0.163. The van der Waals surface area contributed by atoms with Gasteiger partial charge in [-0.15, -0.1) is 0 Å². The van der Waals surface area contributed by atoms with Crippen LogP contribution < -0.4 is 10.1 Å². The van der Waals surface area contributed by atoms with E-state index >= 15 is 0 Å². The van der Waals surface area contributed by atoms with E-state index in [2.05, 4.69) is 5.32 Å². The number of rotatable bonds is 8. The van der Waals surface area contributed by atoms with Gasteiger partial charge in [0.25, 0.3) is 0 Å². The molecule has 5 nitrogen and oxygen atoms in total. The van der Waals surface area contributed by atoms with E-state index in [0.29, 0.717) is 24.3 Å². The molecule has 0 unspecified atom stereocenters. The first-order valence-corrected chi connectivity index (χ1v) is 7.62. The molecular formula is C18H23NO4. The second-order valence-electron chi connectivity index (χ2n) is 5.50. The van der Waals surface area contributed by atoms with Crippen molar-refractivity contribution >= 4 is 0 Å². The van der Waals surface area contributed by atoms with E-state index < -0.39 is 6.10 Å². The van der Waals surface area contributed by atoms with Crippen LogP contribution in [0.25, 0.3) is 0 Å². The first-order valence-electron chi connectivity index (χ1n) is 7.62. The van der Waals surface area contributed by atoms with Crippen LogP contribution in [0.4, 0.5) is 0 Å². The van der Waals surface area contributed by atoms with Gasteiger partial charge in [0.1, 0.15) is 18.1 Å². The zero-order chi connectivity index (χ0) is 16.7. The van der Waals surface area contributed by atoms with Crippen molar-refractivity contribution in [2.24, 2.45) is 0 Å². The molecular weight excluding hydrogens is 294 g/mol. The van der Waals surface area contributed by atoms with Gasteiger partial charge in [0.05, 0.1) is 12.7 Å². The molecule has 2 aromatic rings. The van der Waals surface area contributed by atoms with Crippen molar-refractivity contribution in [2.45, 2.75) is 25.7 Å². The smallest absolute Gasteiger partial charge is 0.121 e. The van der Waals surface area contributed by atoms with Crippen LogP contribution >= 0.6 is 0 Å². The molecule has 124 valence electrons. The van der Waals surface area contributed by atoms with Crippen molar-refractivity contribution < 1.29 is 20.1 Å². The summed E-state index contributed by atoms with van der Waals surface area (Å²) in [4.78, 5) is 0. The number of hydrogen-bond acceptors (Lipinski definition) is 5. The summed E-state index contributed by atoms with van der Waals surface area (Å²) < 4.78 is 5.65. The Morgan fingerprint density at radius 3 is 2.57 bits per heavy atom. The Labute approximate surface area is 136 Å². The van der Waals surface area contributed by atoms with E-state index in [1.165, 1.54) is 6.07 Å². The normalized spacial score (nSPS) is 13.5. The molecule has 0 bridgehead atoms. The topological polar surface area (TPSA) is 82.0 Å². The predicted octanol–water partition coefficient (Wildman–Crippen LogP) is 1.97. The number of aliphatic hydroxyl groups is 2. The van der Waals surface area contributed by atoms with Crippen molar-refractivity contribution in [1.29, 1.82) is 0 Å². The second-order valence-corrected chi connectivity index (χ2v) is 5.50. The van der Waals surface area contributed by atoms with Crippen LogP contribution in [0.2, 0.25) is 0 Å². The Hall–Kier alpha value is -2.08. The molecule has 0 radical (unpaired) electrons. The summed E-state index contributed by atoms with van der Waals surface area (Å²) in [6.07, 6.45) is -0.722. The second kappa shape index (κ2) is 8.53. The first kappa shape index (κ1) is 17.3. The van der Waals surface area contributed by atoms with Crippen LogP contribution in [0.3, 0.4) is 0 Å². The summed E-state index contributed by atoms with van der Waals surface area (Å²) in [5, 5.41) is 32.1. The quantitative estimate of drug-likeness (QED) is 0.598. The Morgan fingerprint density at radius 2 is 1.87 bits per heavy atom. The molecule has 0 aliphatic carbocycles. The lowest BCUT2D eigenvalue weighted by Crippen LogP contribution is -2.34. The molecule has 0 heterocycles. The minimum Gasteiger partial charge on any atom is -0.508 e. The van der Waals surface area contributed by atoms with Gasteiger partial charge in [0.15, 0.2) is 0 Å². The summed E-state index contributed by atoms with van der Waals surface area (Å²) in [5.41, 5.74) is 1.05. The summed E-state index contributed by atoms with van der Waals surface area (Å²) in [6.45, 7) is 2.57. The average molecular weight is 317 g/mol. The van der Waals surface area contributed by atoms with Crippen LogP contribution in [0, 0.1) is 0 Å². The Balaban J connectivity index is 1.80. The highest BCUT2D eigenvalue weighted by Crippen LogP contribution is 2.22. The van der Waals surface area contributed by atoms with E-state index in [9.17, 15) is 10.2 Å². The molecule has 0 saturated carbocycles. The third-order valence-corrected chi connectivity index (χ3v) is 3.56. The molecule has 0 saturated heterocycles. The molecule has 0 fully saturated rings. The monoisotopic (exact) mass is 317 g/mol. The summed E-state index contributed by atoms with van der Waals surface area (Å²) in [5.74, 6) is 0.842. The molecule has 0 aliphatic rings. The third kappa shape index (κ3) is 5.25. The lowest BCUT2D eigenvalue weighted by atomic mass is 10.1. The maximum absolute atomic E-state index is 10.2. The molecule has 0 aliphatic heterocycles. The van der Waals surface area contributed by atoms with E-state index in [1.807, 2.05) is 37.3 Å². The van der Waals surface area contributed by atoms with Crippen LogP contribution in [0.15, 0.2) is 48.5 Å². The van der Waals surface area contributed by atoms with E-state index in [4.69, 9.17) is 9.84 Å². The summed E-state index contributed by atoms with van der Waals surface area (Å²) in [7, 11) is 0. The van der Waals surface area contributed by atoms with Crippen LogP contribution in [0.1, 0.15) is 24.2 Å². The minimum absolute atomic E-state index is 0.0287. The molecule has 4 N–H and O–H groups in total. The number of aromatic hydroxyl groups is 1. The highest BCUT2D eigenvalue weighted by Gasteiger charge is 2.12. The zero-order valence-electron chi connectivity index (χ0n) is 13.1. The molecule has 2 rings (SSSR count). The van der Waals surface area contributed by atoms with E-state index in [-0.39, 0.29) is 18.4 Å².